The van der Waals surface area contributed by atoms with Crippen molar-refractivity contribution in [2.45, 2.75) is 25.8 Å². The van der Waals surface area contributed by atoms with Crippen LogP contribution >= 0.6 is 15.9 Å². The topological polar surface area (TPSA) is 20.3 Å². The van der Waals surface area contributed by atoms with E-state index < -0.39 is 0 Å². The Hall–Kier alpha value is -1.61. The summed E-state index contributed by atoms with van der Waals surface area (Å²) in [5.74, 6) is 0.158. The Bertz CT molecular complexity index is 668. The number of hydrogen-bond acceptors (Lipinski definition) is 2. The average molecular weight is 344 g/mol. The minimum Gasteiger partial charge on any atom is -0.361 e. The normalized spacial score (nSPS) is 17.4. The molecule has 108 valence electrons. The second kappa shape index (κ2) is 6.02. The van der Waals surface area contributed by atoms with Crippen LogP contribution in [0.4, 0.5) is 5.69 Å². The van der Waals surface area contributed by atoms with Crippen LogP contribution in [0, 0.1) is 0 Å². The van der Waals surface area contributed by atoms with Gasteiger partial charge >= 0.3 is 0 Å². The maximum atomic E-state index is 12.6. The lowest BCUT2D eigenvalue weighted by Crippen LogP contribution is -2.40. The summed E-state index contributed by atoms with van der Waals surface area (Å²) in [7, 11) is 0. The highest BCUT2D eigenvalue weighted by Gasteiger charge is 2.25. The predicted octanol–water partition coefficient (Wildman–Crippen LogP) is 4.47. The zero-order valence-electron chi connectivity index (χ0n) is 12.1. The van der Waals surface area contributed by atoms with Gasteiger partial charge in [0.05, 0.1) is 6.54 Å². The first-order chi connectivity index (χ1) is 10.2. The number of Topliss-reactive ketones (excluding diaryl/α,β-unsaturated/α-hetero) is 1. The maximum Gasteiger partial charge on any atom is 0.183 e. The first-order valence-corrected chi connectivity index (χ1v) is 8.08. The van der Waals surface area contributed by atoms with E-state index in [1.54, 1.807) is 0 Å². The maximum absolute atomic E-state index is 12.6. The number of carbonyl (C=O) groups excluding carboxylic acids is 1. The van der Waals surface area contributed by atoms with E-state index in [0.717, 1.165) is 22.9 Å². The van der Waals surface area contributed by atoms with Gasteiger partial charge in [0.15, 0.2) is 5.78 Å². The standard InChI is InChI=1S/C18H18BrNO/c1-13-10-11-14-6-2-5-9-17(14)20(13)12-18(21)15-7-3-4-8-16(15)19/h2-9,13H,10-12H2,1H3. The van der Waals surface area contributed by atoms with Crippen LogP contribution in [0.1, 0.15) is 29.3 Å². The first kappa shape index (κ1) is 14.3. The van der Waals surface area contributed by atoms with E-state index in [-0.39, 0.29) is 5.78 Å². The second-order valence-electron chi connectivity index (χ2n) is 5.55. The number of aryl methyl sites for hydroxylation is 1. The van der Waals surface area contributed by atoms with Crippen LogP contribution in [-0.4, -0.2) is 18.4 Å². The number of benzene rings is 2. The molecule has 0 aromatic heterocycles. The molecule has 1 unspecified atom stereocenters. The molecule has 3 rings (SSSR count). The minimum atomic E-state index is 0.158. The molecular formula is C18H18BrNO. The van der Waals surface area contributed by atoms with Crippen LogP contribution in [0.2, 0.25) is 0 Å². The van der Waals surface area contributed by atoms with Crippen molar-refractivity contribution < 1.29 is 4.79 Å². The lowest BCUT2D eigenvalue weighted by Gasteiger charge is -2.36. The molecule has 0 radical (unpaired) electrons. The van der Waals surface area contributed by atoms with Crippen LogP contribution in [-0.2, 0) is 6.42 Å². The van der Waals surface area contributed by atoms with Crippen LogP contribution < -0.4 is 4.90 Å². The molecule has 1 heterocycles. The fourth-order valence-corrected chi connectivity index (χ4v) is 3.43. The number of nitrogens with zero attached hydrogens (tertiary/aromatic N) is 1. The fraction of sp³-hybridized carbons (Fsp3) is 0.278. The summed E-state index contributed by atoms with van der Waals surface area (Å²) < 4.78 is 0.868. The van der Waals surface area contributed by atoms with Crippen LogP contribution in [0.15, 0.2) is 53.0 Å². The van der Waals surface area contributed by atoms with Crippen molar-refractivity contribution >= 4 is 27.4 Å². The van der Waals surface area contributed by atoms with Crippen molar-refractivity contribution in [3.05, 3.63) is 64.1 Å². The van der Waals surface area contributed by atoms with Gasteiger partial charge in [-0.15, -0.1) is 0 Å². The van der Waals surface area contributed by atoms with Crippen molar-refractivity contribution in [1.82, 2.24) is 0 Å². The highest BCUT2D eigenvalue weighted by Crippen LogP contribution is 2.30. The van der Waals surface area contributed by atoms with Crippen LogP contribution in [0.25, 0.3) is 0 Å². The van der Waals surface area contributed by atoms with E-state index in [1.165, 1.54) is 11.3 Å². The number of fused-ring (bicyclic) bond motifs is 1. The molecule has 3 heteroatoms. The zero-order chi connectivity index (χ0) is 14.8. The third-order valence-electron chi connectivity index (χ3n) is 4.15. The Morgan fingerprint density at radius 3 is 2.71 bits per heavy atom. The molecule has 0 N–H and O–H groups in total. The summed E-state index contributed by atoms with van der Waals surface area (Å²) in [5.41, 5.74) is 3.31. The molecule has 0 saturated heterocycles. The molecule has 1 aliphatic heterocycles. The number of hydrogen-bond donors (Lipinski definition) is 0. The van der Waals surface area contributed by atoms with Crippen molar-refractivity contribution in [3.8, 4) is 0 Å². The largest absolute Gasteiger partial charge is 0.361 e. The summed E-state index contributed by atoms with van der Waals surface area (Å²) in [6.07, 6.45) is 2.19. The molecule has 0 amide bonds. The number of anilines is 1. The molecule has 21 heavy (non-hydrogen) atoms. The molecular weight excluding hydrogens is 326 g/mol. The van der Waals surface area contributed by atoms with Crippen molar-refractivity contribution in [2.24, 2.45) is 0 Å². The molecule has 0 saturated carbocycles. The number of carbonyl (C=O) groups is 1. The van der Waals surface area contributed by atoms with Gasteiger partial charge in [0.1, 0.15) is 0 Å². The smallest absolute Gasteiger partial charge is 0.183 e. The SMILES string of the molecule is CC1CCc2ccccc2N1CC(=O)c1ccccc1Br. The molecule has 0 spiro atoms. The minimum absolute atomic E-state index is 0.158. The summed E-state index contributed by atoms with van der Waals surface area (Å²) in [4.78, 5) is 14.9. The Kier molecular flexibility index (Phi) is 4.11. The first-order valence-electron chi connectivity index (χ1n) is 7.29. The van der Waals surface area contributed by atoms with E-state index in [2.05, 4.69) is 46.0 Å². The Morgan fingerprint density at radius 2 is 1.90 bits per heavy atom. The lowest BCUT2D eigenvalue weighted by molar-refractivity contribution is 0.0995. The summed E-state index contributed by atoms with van der Waals surface area (Å²) in [6, 6.07) is 16.4. The Morgan fingerprint density at radius 1 is 1.19 bits per heavy atom. The number of para-hydroxylation sites is 1. The fourth-order valence-electron chi connectivity index (χ4n) is 2.93. The quantitative estimate of drug-likeness (QED) is 0.766. The summed E-state index contributed by atoms with van der Waals surface area (Å²) in [6.45, 7) is 2.63. The van der Waals surface area contributed by atoms with Crippen molar-refractivity contribution in [3.63, 3.8) is 0 Å². The molecule has 2 aromatic carbocycles. The molecule has 1 aliphatic rings. The van der Waals surface area contributed by atoms with Gasteiger partial charge in [-0.05, 0) is 37.5 Å². The van der Waals surface area contributed by atoms with Gasteiger partial charge in [0.25, 0.3) is 0 Å². The van der Waals surface area contributed by atoms with Gasteiger partial charge < -0.3 is 4.90 Å². The van der Waals surface area contributed by atoms with E-state index in [4.69, 9.17) is 0 Å². The number of rotatable bonds is 3. The zero-order valence-corrected chi connectivity index (χ0v) is 13.6. The molecule has 2 nitrogen and oxygen atoms in total. The van der Waals surface area contributed by atoms with Gasteiger partial charge in [-0.1, -0.05) is 52.3 Å². The van der Waals surface area contributed by atoms with Crippen molar-refractivity contribution in [2.75, 3.05) is 11.4 Å². The highest BCUT2D eigenvalue weighted by molar-refractivity contribution is 9.10. The van der Waals surface area contributed by atoms with Crippen molar-refractivity contribution in [1.29, 1.82) is 0 Å². The van der Waals surface area contributed by atoms with Gasteiger partial charge in [-0.3, -0.25) is 4.79 Å². The summed E-state index contributed by atoms with van der Waals surface area (Å²) >= 11 is 3.47. The Labute approximate surface area is 133 Å². The number of ketones is 1. The van der Waals surface area contributed by atoms with E-state index in [9.17, 15) is 4.79 Å². The van der Waals surface area contributed by atoms with Gasteiger partial charge in [0.2, 0.25) is 0 Å². The number of halogens is 1. The van der Waals surface area contributed by atoms with Crippen LogP contribution in [0.3, 0.4) is 0 Å². The Balaban J connectivity index is 1.88. The third kappa shape index (κ3) is 2.88. The molecule has 1 atom stereocenters. The predicted molar refractivity (Wildman–Crippen MR) is 90.0 cm³/mol. The monoisotopic (exact) mass is 343 g/mol. The van der Waals surface area contributed by atoms with E-state index in [0.29, 0.717) is 12.6 Å². The molecule has 2 aromatic rings. The van der Waals surface area contributed by atoms with Crippen LogP contribution in [0.5, 0.6) is 0 Å². The molecule has 0 fully saturated rings. The van der Waals surface area contributed by atoms with E-state index in [1.807, 2.05) is 30.3 Å². The van der Waals surface area contributed by atoms with Gasteiger partial charge in [-0.25, -0.2) is 0 Å². The third-order valence-corrected chi connectivity index (χ3v) is 4.84. The molecule has 0 bridgehead atoms. The van der Waals surface area contributed by atoms with Gasteiger partial charge in [0, 0.05) is 21.8 Å². The highest BCUT2D eigenvalue weighted by atomic mass is 79.9. The molecule has 0 aliphatic carbocycles. The van der Waals surface area contributed by atoms with E-state index >= 15 is 0 Å². The summed E-state index contributed by atoms with van der Waals surface area (Å²) in [5, 5.41) is 0. The lowest BCUT2D eigenvalue weighted by atomic mass is 9.96. The second-order valence-corrected chi connectivity index (χ2v) is 6.40. The van der Waals surface area contributed by atoms with Gasteiger partial charge in [-0.2, -0.15) is 0 Å². The average Bonchev–Trinajstić information content (AvgIpc) is 2.50.